The number of rotatable bonds is 7. The minimum absolute atomic E-state index is 0.102. The smallest absolute Gasteiger partial charge is 0.340 e. The van der Waals surface area contributed by atoms with Gasteiger partial charge in [0, 0.05) is 5.92 Å². The summed E-state index contributed by atoms with van der Waals surface area (Å²) in [4.78, 5) is 35.2. The zero-order valence-corrected chi connectivity index (χ0v) is 12.2. The highest BCUT2D eigenvalue weighted by Gasteiger charge is 2.32. The molecule has 0 radical (unpaired) electrons. The molecule has 1 atom stereocenters. The van der Waals surface area contributed by atoms with E-state index in [0.29, 0.717) is 0 Å². The fraction of sp³-hybridized carbons (Fsp3) is 0.769. The normalized spacial score (nSPS) is 12.2. The van der Waals surface area contributed by atoms with Crippen LogP contribution in [-0.2, 0) is 23.9 Å². The molecule has 0 aromatic rings. The van der Waals surface area contributed by atoms with Crippen molar-refractivity contribution >= 4 is 17.8 Å². The summed E-state index contributed by atoms with van der Waals surface area (Å²) in [6.45, 7) is 9.00. The molecule has 19 heavy (non-hydrogen) atoms. The standard InChI is InChI=1S/C13H23NO5/c1-6-18-12(16)10(13(17)19-7-2)14-11(15)9(5)8(3)4/h8-10H,6-7H2,1-5H3,(H,14,15). The first kappa shape index (κ1) is 17.4. The summed E-state index contributed by atoms with van der Waals surface area (Å²) in [6, 6.07) is -1.39. The fourth-order valence-electron chi connectivity index (χ4n) is 1.24. The van der Waals surface area contributed by atoms with Crippen LogP contribution in [0.5, 0.6) is 0 Å². The third kappa shape index (κ3) is 5.72. The number of hydrogen-bond donors (Lipinski definition) is 1. The highest BCUT2D eigenvalue weighted by molar-refractivity contribution is 6.02. The van der Waals surface area contributed by atoms with Gasteiger partial charge in [-0.2, -0.15) is 0 Å². The van der Waals surface area contributed by atoms with E-state index in [1.807, 2.05) is 13.8 Å². The molecule has 1 unspecified atom stereocenters. The summed E-state index contributed by atoms with van der Waals surface area (Å²) in [5.41, 5.74) is 0. The number of hydrogen-bond acceptors (Lipinski definition) is 5. The zero-order valence-electron chi connectivity index (χ0n) is 12.2. The Hall–Kier alpha value is -1.59. The summed E-state index contributed by atoms with van der Waals surface area (Å²) in [5, 5.41) is 2.38. The molecule has 6 nitrogen and oxygen atoms in total. The highest BCUT2D eigenvalue weighted by atomic mass is 16.6. The fourth-order valence-corrected chi connectivity index (χ4v) is 1.24. The molecule has 0 aromatic heterocycles. The third-order valence-electron chi connectivity index (χ3n) is 2.74. The highest BCUT2D eigenvalue weighted by Crippen LogP contribution is 2.10. The molecule has 6 heteroatoms. The van der Waals surface area contributed by atoms with Crippen molar-refractivity contribution in [1.29, 1.82) is 0 Å². The second-order valence-electron chi connectivity index (χ2n) is 4.48. The Morgan fingerprint density at radius 1 is 0.947 bits per heavy atom. The Labute approximate surface area is 113 Å². The van der Waals surface area contributed by atoms with Gasteiger partial charge in [0.2, 0.25) is 11.9 Å². The average molecular weight is 273 g/mol. The van der Waals surface area contributed by atoms with Crippen LogP contribution in [-0.4, -0.2) is 37.1 Å². The van der Waals surface area contributed by atoms with Gasteiger partial charge in [-0.25, -0.2) is 9.59 Å². The van der Waals surface area contributed by atoms with Gasteiger partial charge in [-0.15, -0.1) is 0 Å². The van der Waals surface area contributed by atoms with Crippen LogP contribution in [0.4, 0.5) is 0 Å². The van der Waals surface area contributed by atoms with E-state index in [9.17, 15) is 14.4 Å². The van der Waals surface area contributed by atoms with Crippen molar-refractivity contribution in [2.45, 2.75) is 40.7 Å². The van der Waals surface area contributed by atoms with Gasteiger partial charge in [0.05, 0.1) is 13.2 Å². The van der Waals surface area contributed by atoms with Gasteiger partial charge in [0.25, 0.3) is 0 Å². The maximum absolute atomic E-state index is 11.9. The third-order valence-corrected chi connectivity index (χ3v) is 2.74. The minimum atomic E-state index is -1.39. The van der Waals surface area contributed by atoms with Gasteiger partial charge in [-0.1, -0.05) is 20.8 Å². The summed E-state index contributed by atoms with van der Waals surface area (Å²) >= 11 is 0. The van der Waals surface area contributed by atoms with E-state index >= 15 is 0 Å². The van der Waals surface area contributed by atoms with E-state index < -0.39 is 18.0 Å². The number of carbonyl (C=O) groups is 3. The predicted molar refractivity (Wildman–Crippen MR) is 69.2 cm³/mol. The molecule has 1 amide bonds. The van der Waals surface area contributed by atoms with Gasteiger partial charge in [0.1, 0.15) is 0 Å². The predicted octanol–water partition coefficient (Wildman–Crippen LogP) is 0.889. The maximum atomic E-state index is 11.9. The Bertz CT molecular complexity index is 309. The SMILES string of the molecule is CCOC(=O)C(NC(=O)C(C)C(C)C)C(=O)OCC. The van der Waals surface area contributed by atoms with Crippen LogP contribution in [0.1, 0.15) is 34.6 Å². The van der Waals surface area contributed by atoms with E-state index in [-0.39, 0.29) is 31.0 Å². The van der Waals surface area contributed by atoms with Crippen LogP contribution in [0.15, 0.2) is 0 Å². The molecule has 110 valence electrons. The van der Waals surface area contributed by atoms with Crippen molar-refractivity contribution in [2.75, 3.05) is 13.2 Å². The Morgan fingerprint density at radius 3 is 1.68 bits per heavy atom. The molecule has 0 heterocycles. The van der Waals surface area contributed by atoms with Gasteiger partial charge in [-0.05, 0) is 19.8 Å². The second kappa shape index (κ2) is 8.50. The quantitative estimate of drug-likeness (QED) is 0.550. The molecular weight excluding hydrogens is 250 g/mol. The lowest BCUT2D eigenvalue weighted by Gasteiger charge is -2.20. The van der Waals surface area contributed by atoms with Gasteiger partial charge in [0.15, 0.2) is 0 Å². The van der Waals surface area contributed by atoms with Crippen LogP contribution in [0, 0.1) is 11.8 Å². The Kier molecular flexibility index (Phi) is 7.79. The molecule has 0 saturated carbocycles. The van der Waals surface area contributed by atoms with E-state index in [4.69, 9.17) is 9.47 Å². The summed E-state index contributed by atoms with van der Waals surface area (Å²) in [5.74, 6) is -2.19. The first-order valence-electron chi connectivity index (χ1n) is 6.48. The van der Waals surface area contributed by atoms with Crippen molar-refractivity contribution < 1.29 is 23.9 Å². The minimum Gasteiger partial charge on any atom is -0.464 e. The van der Waals surface area contributed by atoms with E-state index in [2.05, 4.69) is 5.32 Å². The second-order valence-corrected chi connectivity index (χ2v) is 4.48. The van der Waals surface area contributed by atoms with Crippen LogP contribution >= 0.6 is 0 Å². The molecule has 1 N–H and O–H groups in total. The lowest BCUT2D eigenvalue weighted by molar-refractivity contribution is -0.160. The first-order chi connectivity index (χ1) is 8.84. The summed E-state index contributed by atoms with van der Waals surface area (Å²) < 4.78 is 9.52. The van der Waals surface area contributed by atoms with Crippen molar-refractivity contribution in [3.05, 3.63) is 0 Å². The lowest BCUT2D eigenvalue weighted by Crippen LogP contribution is -2.50. The number of nitrogens with one attached hydrogen (secondary N) is 1. The number of amides is 1. The largest absolute Gasteiger partial charge is 0.464 e. The van der Waals surface area contributed by atoms with Crippen LogP contribution in [0.25, 0.3) is 0 Å². The molecular formula is C13H23NO5. The number of esters is 2. The summed E-state index contributed by atoms with van der Waals surface area (Å²) in [6.07, 6.45) is 0. The summed E-state index contributed by atoms with van der Waals surface area (Å²) in [7, 11) is 0. The molecule has 0 fully saturated rings. The monoisotopic (exact) mass is 273 g/mol. The Balaban J connectivity index is 4.80. The zero-order chi connectivity index (χ0) is 15.0. The molecule has 0 saturated heterocycles. The number of carbonyl (C=O) groups excluding carboxylic acids is 3. The van der Waals surface area contributed by atoms with Crippen molar-refractivity contribution in [1.82, 2.24) is 5.32 Å². The van der Waals surface area contributed by atoms with Crippen LogP contribution in [0.2, 0.25) is 0 Å². The van der Waals surface area contributed by atoms with Crippen molar-refractivity contribution in [3.8, 4) is 0 Å². The van der Waals surface area contributed by atoms with Crippen molar-refractivity contribution in [2.24, 2.45) is 11.8 Å². The van der Waals surface area contributed by atoms with E-state index in [1.165, 1.54) is 0 Å². The Morgan fingerprint density at radius 2 is 1.37 bits per heavy atom. The number of ether oxygens (including phenoxy) is 2. The van der Waals surface area contributed by atoms with Gasteiger partial charge < -0.3 is 14.8 Å². The van der Waals surface area contributed by atoms with Gasteiger partial charge in [-0.3, -0.25) is 4.79 Å². The van der Waals surface area contributed by atoms with Crippen LogP contribution in [0.3, 0.4) is 0 Å². The molecule has 0 spiro atoms. The molecule has 0 rings (SSSR count). The van der Waals surface area contributed by atoms with Crippen LogP contribution < -0.4 is 5.32 Å². The molecule has 0 aliphatic rings. The molecule has 0 aromatic carbocycles. The van der Waals surface area contributed by atoms with Gasteiger partial charge >= 0.3 is 11.9 Å². The molecule has 0 bridgehead atoms. The van der Waals surface area contributed by atoms with Crippen molar-refractivity contribution in [3.63, 3.8) is 0 Å². The lowest BCUT2D eigenvalue weighted by atomic mass is 9.97. The molecule has 0 aliphatic carbocycles. The van der Waals surface area contributed by atoms with E-state index in [1.54, 1.807) is 20.8 Å². The topological polar surface area (TPSA) is 81.7 Å². The van der Waals surface area contributed by atoms with E-state index in [0.717, 1.165) is 0 Å². The first-order valence-corrected chi connectivity index (χ1v) is 6.48. The molecule has 0 aliphatic heterocycles. The maximum Gasteiger partial charge on any atom is 0.340 e. The average Bonchev–Trinajstić information content (AvgIpc) is 2.34.